The normalized spacial score (nSPS) is 11.7. The number of nitrogens with one attached hydrogen (secondary N) is 1. The van der Waals surface area contributed by atoms with Crippen LogP contribution in [0.3, 0.4) is 0 Å². The molecule has 42 heavy (non-hydrogen) atoms. The fourth-order valence-electron chi connectivity index (χ4n) is 4.52. The summed E-state index contributed by atoms with van der Waals surface area (Å²) in [5, 5.41) is 0. The molecule has 0 bridgehead atoms. The molecule has 0 radical (unpaired) electrons. The molecular formula is C35H39NO5S. The Morgan fingerprint density at radius 1 is 0.738 bits per heavy atom. The molecule has 0 heterocycles. The Kier molecular flexibility index (Phi) is 11.8. The average Bonchev–Trinajstić information content (AvgIpc) is 2.96. The Morgan fingerprint density at radius 3 is 2.02 bits per heavy atom. The van der Waals surface area contributed by atoms with Crippen molar-refractivity contribution in [2.45, 2.75) is 63.4 Å². The van der Waals surface area contributed by atoms with Gasteiger partial charge in [0.2, 0.25) is 0 Å². The van der Waals surface area contributed by atoms with Gasteiger partial charge in [-0.2, -0.15) is 0 Å². The molecule has 6 nitrogen and oxygen atoms in total. The number of hydrogen-bond acceptors (Lipinski definition) is 4. The van der Waals surface area contributed by atoms with Crippen LogP contribution >= 0.6 is 0 Å². The highest BCUT2D eigenvalue weighted by atomic mass is 32.2. The summed E-state index contributed by atoms with van der Waals surface area (Å²) < 4.78 is 21.6. The molecule has 4 rings (SSSR count). The van der Waals surface area contributed by atoms with Gasteiger partial charge in [0.05, 0.1) is 4.90 Å². The maximum absolute atomic E-state index is 13.2. The van der Waals surface area contributed by atoms with Gasteiger partial charge in [-0.25, -0.2) is 4.21 Å². The van der Waals surface area contributed by atoms with Crippen LogP contribution in [0.15, 0.2) is 108 Å². The lowest BCUT2D eigenvalue weighted by Crippen LogP contribution is -2.24. The molecule has 0 spiro atoms. The van der Waals surface area contributed by atoms with E-state index in [4.69, 9.17) is 4.74 Å². The Labute approximate surface area is 251 Å². The van der Waals surface area contributed by atoms with E-state index in [0.29, 0.717) is 37.0 Å². The van der Waals surface area contributed by atoms with Gasteiger partial charge in [-0.3, -0.25) is 9.59 Å². The summed E-state index contributed by atoms with van der Waals surface area (Å²) in [6.07, 6.45) is 2.38. The van der Waals surface area contributed by atoms with Crippen LogP contribution in [0.5, 0.6) is 0 Å². The fraction of sp³-hybridized carbons (Fsp3) is 0.257. The maximum Gasteiger partial charge on any atom is 0.306 e. The average molecular weight is 586 g/mol. The van der Waals surface area contributed by atoms with Crippen molar-refractivity contribution in [1.29, 1.82) is 0 Å². The minimum atomic E-state index is -1.44. The summed E-state index contributed by atoms with van der Waals surface area (Å²) in [4.78, 5) is 25.5. The third kappa shape index (κ3) is 10.1. The number of carbonyl (C=O) groups excluding carboxylic acids is 2. The van der Waals surface area contributed by atoms with Crippen LogP contribution in [-0.4, -0.2) is 27.0 Å². The van der Waals surface area contributed by atoms with Gasteiger partial charge in [0.25, 0.3) is 0 Å². The molecule has 0 saturated heterocycles. The van der Waals surface area contributed by atoms with Crippen molar-refractivity contribution >= 4 is 28.4 Å². The van der Waals surface area contributed by atoms with E-state index in [1.54, 1.807) is 0 Å². The van der Waals surface area contributed by atoms with Gasteiger partial charge in [0.1, 0.15) is 11.4 Å². The van der Waals surface area contributed by atoms with E-state index in [2.05, 4.69) is 10.8 Å². The van der Waals surface area contributed by atoms with Crippen LogP contribution in [0.2, 0.25) is 0 Å². The smallest absolute Gasteiger partial charge is 0.306 e. The minimum Gasteiger partial charge on any atom is -0.460 e. The molecule has 220 valence electrons. The highest BCUT2D eigenvalue weighted by molar-refractivity contribution is 7.86. The first-order valence-electron chi connectivity index (χ1n) is 13.9. The maximum atomic E-state index is 13.2. The van der Waals surface area contributed by atoms with Crippen molar-refractivity contribution in [2.24, 2.45) is 0 Å². The molecule has 4 aromatic carbocycles. The van der Waals surface area contributed by atoms with Crippen molar-refractivity contribution in [2.75, 3.05) is 4.72 Å². The van der Waals surface area contributed by atoms with E-state index >= 15 is 0 Å². The zero-order valence-corrected chi connectivity index (χ0v) is 25.2. The second-order valence-electron chi connectivity index (χ2n) is 11.1. The standard InChI is InChI=1S/C35H37NO4S.H2O/c1-35(2,3)40-34(38)23-19-27-11-9-10-26(24-27)18-22-31(37)25-28-16-20-30(21-17-28)36-41(39)33-15-8-7-14-32(33)29-12-5-4-6-13-29;/h4-17,20-21,24,36H,18-19,22-23,25H2,1-3H3;1H2. The van der Waals surface area contributed by atoms with Crippen molar-refractivity contribution in [3.63, 3.8) is 0 Å². The van der Waals surface area contributed by atoms with Crippen LogP contribution in [0, 0.1) is 0 Å². The third-order valence-corrected chi connectivity index (χ3v) is 7.64. The van der Waals surface area contributed by atoms with E-state index in [1.165, 1.54) is 0 Å². The first kappa shape index (κ1) is 32.4. The molecule has 0 aliphatic carbocycles. The molecule has 0 aromatic heterocycles. The summed E-state index contributed by atoms with van der Waals surface area (Å²) >= 11 is 0. The Hall–Kier alpha value is -4.07. The lowest BCUT2D eigenvalue weighted by Gasteiger charge is -2.19. The second kappa shape index (κ2) is 15.2. The van der Waals surface area contributed by atoms with Crippen molar-refractivity contribution in [3.8, 4) is 11.1 Å². The van der Waals surface area contributed by atoms with Gasteiger partial charge in [-0.05, 0) is 79.6 Å². The number of ketones is 1. The number of ether oxygens (including phenoxy) is 1. The van der Waals surface area contributed by atoms with Crippen molar-refractivity contribution < 1.29 is 24.0 Å². The van der Waals surface area contributed by atoms with Crippen LogP contribution in [-0.2, 0) is 44.6 Å². The predicted molar refractivity (Wildman–Crippen MR) is 170 cm³/mol. The van der Waals surface area contributed by atoms with E-state index < -0.39 is 16.6 Å². The van der Waals surface area contributed by atoms with E-state index in [1.807, 2.05) is 118 Å². The largest absolute Gasteiger partial charge is 0.460 e. The highest BCUT2D eigenvalue weighted by Gasteiger charge is 2.16. The number of carbonyl (C=O) groups is 2. The van der Waals surface area contributed by atoms with Gasteiger partial charge in [0.15, 0.2) is 11.0 Å². The zero-order valence-electron chi connectivity index (χ0n) is 24.4. The molecule has 1 unspecified atom stereocenters. The van der Waals surface area contributed by atoms with E-state index in [0.717, 1.165) is 33.5 Å². The number of esters is 1. The number of benzene rings is 4. The third-order valence-electron chi connectivity index (χ3n) is 6.46. The van der Waals surface area contributed by atoms with Crippen LogP contribution in [0.25, 0.3) is 11.1 Å². The number of rotatable bonds is 12. The summed E-state index contributed by atoms with van der Waals surface area (Å²) in [7, 11) is -1.44. The minimum absolute atomic E-state index is 0. The quantitative estimate of drug-likeness (QED) is 0.187. The Balaban J connectivity index is 0.00000484. The molecule has 0 aliphatic heterocycles. The monoisotopic (exact) mass is 585 g/mol. The molecule has 1 atom stereocenters. The molecule has 3 N–H and O–H groups in total. The Morgan fingerprint density at radius 2 is 1.36 bits per heavy atom. The van der Waals surface area contributed by atoms with E-state index in [-0.39, 0.29) is 17.2 Å². The zero-order chi connectivity index (χ0) is 29.2. The molecule has 0 saturated carbocycles. The fourth-order valence-corrected chi connectivity index (χ4v) is 5.56. The first-order valence-corrected chi connectivity index (χ1v) is 15.0. The van der Waals surface area contributed by atoms with Crippen molar-refractivity contribution in [1.82, 2.24) is 0 Å². The number of anilines is 1. The second-order valence-corrected chi connectivity index (χ2v) is 12.2. The van der Waals surface area contributed by atoms with Gasteiger partial charge in [-0.15, -0.1) is 0 Å². The topological polar surface area (TPSA) is 104 Å². The molecule has 7 heteroatoms. The van der Waals surface area contributed by atoms with Crippen LogP contribution in [0.1, 0.15) is 50.3 Å². The predicted octanol–water partition coefficient (Wildman–Crippen LogP) is 6.68. The van der Waals surface area contributed by atoms with Gasteiger partial charge in [-0.1, -0.05) is 84.9 Å². The molecule has 4 aromatic rings. The number of hydrogen-bond donors (Lipinski definition) is 1. The molecule has 0 amide bonds. The lowest BCUT2D eigenvalue weighted by molar-refractivity contribution is -0.154. The number of Topliss-reactive ketones (excluding diaryl/α,β-unsaturated/α-hetero) is 1. The van der Waals surface area contributed by atoms with Crippen LogP contribution < -0.4 is 4.72 Å². The SMILES string of the molecule is CC(C)(C)OC(=O)CCc1cccc(CCC(=O)Cc2ccc(NS(=O)c3ccccc3-c3ccccc3)cc2)c1.O. The van der Waals surface area contributed by atoms with Crippen LogP contribution in [0.4, 0.5) is 5.69 Å². The van der Waals surface area contributed by atoms with E-state index in [9.17, 15) is 13.8 Å². The molecular weight excluding hydrogens is 546 g/mol. The summed E-state index contributed by atoms with van der Waals surface area (Å²) in [5.74, 6) is -0.0484. The molecule has 0 fully saturated rings. The van der Waals surface area contributed by atoms with Crippen molar-refractivity contribution in [3.05, 3.63) is 120 Å². The Bertz CT molecular complexity index is 1490. The summed E-state index contributed by atoms with van der Waals surface area (Å²) in [6.45, 7) is 5.59. The van der Waals surface area contributed by atoms with Gasteiger partial charge >= 0.3 is 5.97 Å². The summed E-state index contributed by atoms with van der Waals surface area (Å²) in [6, 6.07) is 33.1. The lowest BCUT2D eigenvalue weighted by atomic mass is 10.00. The van der Waals surface area contributed by atoms with Gasteiger partial charge in [0, 0.05) is 24.9 Å². The highest BCUT2D eigenvalue weighted by Crippen LogP contribution is 2.27. The van der Waals surface area contributed by atoms with Gasteiger partial charge < -0.3 is 14.9 Å². The molecule has 0 aliphatic rings. The number of aryl methyl sites for hydroxylation is 2. The first-order chi connectivity index (χ1) is 19.7. The summed E-state index contributed by atoms with van der Waals surface area (Å²) in [5.41, 5.74) is 5.25.